The topological polar surface area (TPSA) is 114 Å². The van der Waals surface area contributed by atoms with Crippen LogP contribution in [0.2, 0.25) is 0 Å². The molecule has 1 fully saturated rings. The Hall–Kier alpha value is -3.96. The fourth-order valence-corrected chi connectivity index (χ4v) is 5.56. The summed E-state index contributed by atoms with van der Waals surface area (Å²) in [5.41, 5.74) is 0.555. The Morgan fingerprint density at radius 1 is 1.05 bits per heavy atom. The van der Waals surface area contributed by atoms with Crippen molar-refractivity contribution in [1.29, 1.82) is 0 Å². The molecule has 0 saturated carbocycles. The molecular weight excluding hydrogens is 525 g/mol. The molecule has 9 nitrogen and oxygen atoms in total. The highest BCUT2D eigenvalue weighted by Crippen LogP contribution is 2.26. The number of sulfonamides is 1. The average Bonchev–Trinajstić information content (AvgIpc) is 3.46. The molecule has 4 rings (SSSR count). The molecule has 206 valence electrons. The van der Waals surface area contributed by atoms with Crippen LogP contribution in [0.5, 0.6) is 5.75 Å². The van der Waals surface area contributed by atoms with Crippen LogP contribution in [0.25, 0.3) is 0 Å². The Labute approximate surface area is 227 Å². The Kier molecular flexibility index (Phi) is 9.15. The first kappa shape index (κ1) is 28.1. The molecule has 1 saturated heterocycles. The van der Waals surface area contributed by atoms with Gasteiger partial charge in [-0.2, -0.15) is 0 Å². The Bertz CT molecular complexity index is 1390. The third kappa shape index (κ3) is 7.12. The van der Waals surface area contributed by atoms with Gasteiger partial charge in [-0.3, -0.25) is 13.9 Å². The predicted octanol–water partition coefficient (Wildman–Crippen LogP) is 3.97. The minimum absolute atomic E-state index is 0.0484. The van der Waals surface area contributed by atoms with E-state index in [0.29, 0.717) is 25.5 Å². The second kappa shape index (κ2) is 12.7. The zero-order chi connectivity index (χ0) is 27.8. The van der Waals surface area contributed by atoms with Crippen LogP contribution < -0.4 is 19.7 Å². The van der Waals surface area contributed by atoms with E-state index < -0.39 is 28.3 Å². The molecule has 1 aliphatic rings. The van der Waals surface area contributed by atoms with E-state index in [1.165, 1.54) is 36.4 Å². The first-order valence-electron chi connectivity index (χ1n) is 12.6. The smallest absolute Gasteiger partial charge is 0.264 e. The number of benzene rings is 3. The molecule has 0 aliphatic carbocycles. The van der Waals surface area contributed by atoms with Crippen LogP contribution in [-0.2, 0) is 19.6 Å². The first-order chi connectivity index (χ1) is 18.8. The lowest BCUT2D eigenvalue weighted by Crippen LogP contribution is -2.38. The van der Waals surface area contributed by atoms with Crippen LogP contribution in [0.3, 0.4) is 0 Å². The van der Waals surface area contributed by atoms with Gasteiger partial charge in [0.15, 0.2) is 0 Å². The lowest BCUT2D eigenvalue weighted by molar-refractivity contribution is -0.114. The average molecular weight is 556 g/mol. The molecule has 1 aliphatic heterocycles. The second-order valence-corrected chi connectivity index (χ2v) is 10.7. The van der Waals surface area contributed by atoms with Gasteiger partial charge in [0, 0.05) is 13.2 Å². The third-order valence-electron chi connectivity index (χ3n) is 6.08. The van der Waals surface area contributed by atoms with Crippen molar-refractivity contribution in [3.05, 3.63) is 84.2 Å². The van der Waals surface area contributed by atoms with Crippen LogP contribution in [0.1, 0.15) is 30.1 Å². The summed E-state index contributed by atoms with van der Waals surface area (Å²) in [4.78, 5) is 25.9. The van der Waals surface area contributed by atoms with Crippen molar-refractivity contribution in [1.82, 2.24) is 5.32 Å². The van der Waals surface area contributed by atoms with E-state index in [0.717, 1.165) is 29.3 Å². The van der Waals surface area contributed by atoms with Gasteiger partial charge in [0.05, 0.1) is 34.5 Å². The number of halogens is 1. The number of para-hydroxylation sites is 1. The molecular formula is C28H30FN3O6S. The van der Waals surface area contributed by atoms with Crippen LogP contribution in [0, 0.1) is 5.82 Å². The first-order valence-corrected chi connectivity index (χ1v) is 14.0. The molecule has 0 aromatic heterocycles. The SMILES string of the molecule is CCOc1ccc(S(=O)(=O)N(CC(=O)Nc2ccccc2C(=O)NC[C@H]2CCCO2)c2ccc(F)cc2)cc1. The lowest BCUT2D eigenvalue weighted by Gasteiger charge is -2.24. The molecule has 1 atom stereocenters. The molecule has 0 radical (unpaired) electrons. The lowest BCUT2D eigenvalue weighted by atomic mass is 10.1. The number of nitrogens with one attached hydrogen (secondary N) is 2. The summed E-state index contributed by atoms with van der Waals surface area (Å²) in [6.45, 7) is 2.62. The van der Waals surface area contributed by atoms with Crippen molar-refractivity contribution in [2.24, 2.45) is 0 Å². The number of nitrogens with zero attached hydrogens (tertiary/aromatic N) is 1. The Balaban J connectivity index is 1.54. The molecule has 0 unspecified atom stereocenters. The van der Waals surface area contributed by atoms with Gasteiger partial charge in [-0.1, -0.05) is 12.1 Å². The number of carbonyl (C=O) groups excluding carboxylic acids is 2. The van der Waals surface area contributed by atoms with Gasteiger partial charge in [-0.25, -0.2) is 12.8 Å². The zero-order valence-corrected chi connectivity index (χ0v) is 22.2. The number of amides is 2. The van der Waals surface area contributed by atoms with Crippen molar-refractivity contribution in [2.45, 2.75) is 30.8 Å². The second-order valence-electron chi connectivity index (χ2n) is 8.83. The normalized spacial score (nSPS) is 15.0. The zero-order valence-electron chi connectivity index (χ0n) is 21.4. The number of rotatable bonds is 11. The fourth-order valence-electron chi connectivity index (χ4n) is 4.14. The maximum absolute atomic E-state index is 13.6. The van der Waals surface area contributed by atoms with Gasteiger partial charge in [-0.15, -0.1) is 0 Å². The van der Waals surface area contributed by atoms with Gasteiger partial charge < -0.3 is 20.1 Å². The van der Waals surface area contributed by atoms with E-state index in [1.54, 1.807) is 24.3 Å². The quantitative estimate of drug-likeness (QED) is 0.370. The standard InChI is InChI=1S/C28H30FN3O6S/c1-2-37-22-13-15-24(16-14-22)39(35,36)32(21-11-9-20(29)10-12-21)19-27(33)31-26-8-4-3-7-25(26)28(34)30-18-23-6-5-17-38-23/h3-4,7-16,23H,2,5-6,17-19H2,1H3,(H,30,34)(H,31,33)/t23-/m1/s1. The predicted molar refractivity (Wildman–Crippen MR) is 145 cm³/mol. The summed E-state index contributed by atoms with van der Waals surface area (Å²) in [6, 6.07) is 17.0. The molecule has 2 amide bonds. The summed E-state index contributed by atoms with van der Waals surface area (Å²) in [5, 5.41) is 5.47. The van der Waals surface area contributed by atoms with Gasteiger partial charge in [0.1, 0.15) is 18.1 Å². The van der Waals surface area contributed by atoms with Crippen LogP contribution in [-0.4, -0.2) is 52.6 Å². The largest absolute Gasteiger partial charge is 0.494 e. The Morgan fingerprint density at radius 2 is 1.77 bits per heavy atom. The van der Waals surface area contributed by atoms with Crippen molar-refractivity contribution in [3.8, 4) is 5.75 Å². The molecule has 0 bridgehead atoms. The minimum atomic E-state index is -4.23. The number of anilines is 2. The number of carbonyl (C=O) groups is 2. The summed E-state index contributed by atoms with van der Waals surface area (Å²) < 4.78 is 52.6. The monoisotopic (exact) mass is 555 g/mol. The third-order valence-corrected chi connectivity index (χ3v) is 7.87. The summed E-state index contributed by atoms with van der Waals surface area (Å²) in [5.74, 6) is -1.13. The van der Waals surface area contributed by atoms with E-state index in [9.17, 15) is 22.4 Å². The van der Waals surface area contributed by atoms with Crippen LogP contribution >= 0.6 is 0 Å². The maximum Gasteiger partial charge on any atom is 0.264 e. The van der Waals surface area contributed by atoms with Crippen molar-refractivity contribution in [2.75, 3.05) is 35.9 Å². The summed E-state index contributed by atoms with van der Waals surface area (Å²) >= 11 is 0. The Morgan fingerprint density at radius 3 is 2.44 bits per heavy atom. The van der Waals surface area contributed by atoms with Gasteiger partial charge in [0.2, 0.25) is 5.91 Å². The number of hydrogen-bond acceptors (Lipinski definition) is 6. The fraction of sp³-hybridized carbons (Fsp3) is 0.286. The molecule has 3 aromatic rings. The molecule has 39 heavy (non-hydrogen) atoms. The number of hydrogen-bond donors (Lipinski definition) is 2. The highest BCUT2D eigenvalue weighted by Gasteiger charge is 2.28. The summed E-state index contributed by atoms with van der Waals surface area (Å²) in [7, 11) is -4.23. The van der Waals surface area contributed by atoms with E-state index in [1.807, 2.05) is 6.92 Å². The van der Waals surface area contributed by atoms with E-state index in [2.05, 4.69) is 10.6 Å². The van der Waals surface area contributed by atoms with Crippen LogP contribution in [0.4, 0.5) is 15.8 Å². The van der Waals surface area contributed by atoms with Crippen LogP contribution in [0.15, 0.2) is 77.7 Å². The minimum Gasteiger partial charge on any atom is -0.494 e. The highest BCUT2D eigenvalue weighted by atomic mass is 32.2. The molecule has 3 aromatic carbocycles. The van der Waals surface area contributed by atoms with Gasteiger partial charge in [-0.05, 0) is 80.4 Å². The number of ether oxygens (including phenoxy) is 2. The van der Waals surface area contributed by atoms with E-state index in [-0.39, 0.29) is 33.8 Å². The summed E-state index contributed by atoms with van der Waals surface area (Å²) in [6.07, 6.45) is 1.76. The maximum atomic E-state index is 13.6. The van der Waals surface area contributed by atoms with Crippen molar-refractivity contribution in [3.63, 3.8) is 0 Å². The molecule has 0 spiro atoms. The molecule has 1 heterocycles. The molecule has 11 heteroatoms. The van der Waals surface area contributed by atoms with E-state index >= 15 is 0 Å². The van der Waals surface area contributed by atoms with Gasteiger partial charge >= 0.3 is 0 Å². The highest BCUT2D eigenvalue weighted by molar-refractivity contribution is 7.92. The van der Waals surface area contributed by atoms with Gasteiger partial charge in [0.25, 0.3) is 15.9 Å². The van der Waals surface area contributed by atoms with E-state index in [4.69, 9.17) is 9.47 Å². The van der Waals surface area contributed by atoms with Crippen molar-refractivity contribution < 1.29 is 31.9 Å². The van der Waals surface area contributed by atoms with Crippen molar-refractivity contribution >= 4 is 33.2 Å². The molecule has 2 N–H and O–H groups in total.